The highest BCUT2D eigenvalue weighted by Crippen LogP contribution is 2.23. The van der Waals surface area contributed by atoms with Crippen LogP contribution in [0.5, 0.6) is 0 Å². The fourth-order valence-electron chi connectivity index (χ4n) is 0.973. The van der Waals surface area contributed by atoms with Crippen LogP contribution in [0.4, 0.5) is 5.69 Å². The predicted molar refractivity (Wildman–Crippen MR) is 51.8 cm³/mol. The molecule has 66 valence electrons. The van der Waals surface area contributed by atoms with Gasteiger partial charge in [0.05, 0.1) is 0 Å². The molecule has 0 aromatic heterocycles. The molecule has 1 atom stereocenters. The number of rotatable bonds is 2. The van der Waals surface area contributed by atoms with Crippen molar-refractivity contribution in [2.45, 2.75) is 6.04 Å². The van der Waals surface area contributed by atoms with Gasteiger partial charge in [0, 0.05) is 23.3 Å². The lowest BCUT2D eigenvalue weighted by atomic mass is 10.1. The van der Waals surface area contributed by atoms with Gasteiger partial charge in [0.2, 0.25) is 0 Å². The molecular weight excluding hydrogens is 174 g/mol. The van der Waals surface area contributed by atoms with E-state index >= 15 is 0 Å². The summed E-state index contributed by atoms with van der Waals surface area (Å²) >= 11 is 5.88. The molecule has 0 heterocycles. The lowest BCUT2D eigenvalue weighted by Gasteiger charge is -2.11. The maximum Gasteiger partial charge on any atom is 0.0455 e. The average molecular weight is 186 g/mol. The first-order valence-electron chi connectivity index (χ1n) is 3.65. The third-order valence-electron chi connectivity index (χ3n) is 1.67. The first kappa shape index (κ1) is 9.32. The van der Waals surface area contributed by atoms with Crippen LogP contribution in [-0.4, -0.2) is 6.54 Å². The second kappa shape index (κ2) is 3.76. The Balaban J connectivity index is 3.04. The maximum absolute atomic E-state index is 5.88. The van der Waals surface area contributed by atoms with Crippen LogP contribution in [-0.2, 0) is 0 Å². The Kier molecular flexibility index (Phi) is 2.92. The number of nitrogen functional groups attached to an aromatic ring is 1. The van der Waals surface area contributed by atoms with Gasteiger partial charge in [0.25, 0.3) is 0 Å². The third-order valence-corrected chi connectivity index (χ3v) is 2.02. The number of halogens is 1. The van der Waals surface area contributed by atoms with Gasteiger partial charge in [0.15, 0.2) is 0 Å². The Morgan fingerprint density at radius 1 is 1.42 bits per heavy atom. The Hall–Kier alpha value is -0.770. The normalized spacial score (nSPS) is 12.9. The van der Waals surface area contributed by atoms with Gasteiger partial charge in [-0.25, -0.2) is 0 Å². The van der Waals surface area contributed by atoms with Crippen LogP contribution in [0.1, 0.15) is 11.6 Å². The SMILES string of the molecule is NC[C@@H](N)c1cc(N)ccc1Cl. The molecule has 1 aromatic carbocycles. The summed E-state index contributed by atoms with van der Waals surface area (Å²) in [6, 6.07) is 4.97. The highest BCUT2D eigenvalue weighted by atomic mass is 35.5. The van der Waals surface area contributed by atoms with Gasteiger partial charge in [-0.05, 0) is 23.8 Å². The average Bonchev–Trinajstić information content (AvgIpc) is 2.08. The van der Waals surface area contributed by atoms with E-state index in [1.807, 2.05) is 0 Å². The molecule has 0 radical (unpaired) electrons. The summed E-state index contributed by atoms with van der Waals surface area (Å²) in [6.45, 7) is 0.364. The minimum Gasteiger partial charge on any atom is -0.399 e. The van der Waals surface area contributed by atoms with Gasteiger partial charge in [-0.15, -0.1) is 0 Å². The second-order valence-corrected chi connectivity index (χ2v) is 3.03. The van der Waals surface area contributed by atoms with Crippen LogP contribution in [0.25, 0.3) is 0 Å². The van der Waals surface area contributed by atoms with Crippen LogP contribution < -0.4 is 17.2 Å². The van der Waals surface area contributed by atoms with Crippen LogP contribution in [0.2, 0.25) is 5.02 Å². The highest BCUT2D eigenvalue weighted by molar-refractivity contribution is 6.31. The van der Waals surface area contributed by atoms with Crippen molar-refractivity contribution in [2.75, 3.05) is 12.3 Å². The number of nitrogens with two attached hydrogens (primary N) is 3. The summed E-state index contributed by atoms with van der Waals surface area (Å²) in [7, 11) is 0. The quantitative estimate of drug-likeness (QED) is 0.599. The van der Waals surface area contributed by atoms with Crippen LogP contribution in [0.3, 0.4) is 0 Å². The van der Waals surface area contributed by atoms with Gasteiger partial charge in [0.1, 0.15) is 0 Å². The molecule has 4 heteroatoms. The van der Waals surface area contributed by atoms with E-state index in [1.165, 1.54) is 0 Å². The molecule has 1 aromatic rings. The van der Waals surface area contributed by atoms with Crippen molar-refractivity contribution in [1.29, 1.82) is 0 Å². The van der Waals surface area contributed by atoms with E-state index in [4.69, 9.17) is 28.8 Å². The third kappa shape index (κ3) is 1.88. The molecule has 0 saturated carbocycles. The van der Waals surface area contributed by atoms with Crippen LogP contribution >= 0.6 is 11.6 Å². The zero-order valence-electron chi connectivity index (χ0n) is 6.63. The van der Waals surface area contributed by atoms with E-state index in [1.54, 1.807) is 18.2 Å². The molecule has 0 amide bonds. The first-order chi connectivity index (χ1) is 5.65. The molecule has 0 aliphatic carbocycles. The van der Waals surface area contributed by atoms with E-state index in [-0.39, 0.29) is 6.04 Å². The zero-order chi connectivity index (χ0) is 9.14. The fraction of sp³-hybridized carbons (Fsp3) is 0.250. The Morgan fingerprint density at radius 3 is 2.67 bits per heavy atom. The van der Waals surface area contributed by atoms with E-state index in [2.05, 4.69) is 0 Å². The van der Waals surface area contributed by atoms with E-state index in [0.717, 1.165) is 5.56 Å². The molecule has 0 aliphatic rings. The summed E-state index contributed by atoms with van der Waals surface area (Å²) in [4.78, 5) is 0. The van der Waals surface area contributed by atoms with Gasteiger partial charge in [-0.1, -0.05) is 11.6 Å². The molecule has 0 saturated heterocycles. The molecule has 3 nitrogen and oxygen atoms in total. The van der Waals surface area contributed by atoms with Gasteiger partial charge in [-0.2, -0.15) is 0 Å². The topological polar surface area (TPSA) is 78.1 Å². The lowest BCUT2D eigenvalue weighted by Crippen LogP contribution is -2.21. The largest absolute Gasteiger partial charge is 0.399 e. The fourth-order valence-corrected chi connectivity index (χ4v) is 1.23. The molecule has 0 bridgehead atoms. The highest BCUT2D eigenvalue weighted by Gasteiger charge is 2.07. The Labute approximate surface area is 76.5 Å². The monoisotopic (exact) mass is 185 g/mol. The van der Waals surface area contributed by atoms with Crippen molar-refractivity contribution < 1.29 is 0 Å². The molecule has 0 fully saturated rings. The van der Waals surface area contributed by atoms with E-state index < -0.39 is 0 Å². The minimum atomic E-state index is -0.235. The molecule has 1 rings (SSSR count). The number of benzene rings is 1. The molecule has 12 heavy (non-hydrogen) atoms. The molecule has 0 aliphatic heterocycles. The van der Waals surface area contributed by atoms with Gasteiger partial charge >= 0.3 is 0 Å². The second-order valence-electron chi connectivity index (χ2n) is 2.62. The summed E-state index contributed by atoms with van der Waals surface area (Å²) in [6.07, 6.45) is 0. The van der Waals surface area contributed by atoms with Crippen molar-refractivity contribution in [3.8, 4) is 0 Å². The standard InChI is InChI=1S/C8H12ClN3/c9-7-2-1-5(11)3-6(7)8(12)4-10/h1-3,8H,4,10-12H2/t8-/m1/s1. The predicted octanol–water partition coefficient (Wildman–Crippen LogP) is 0.881. The van der Waals surface area contributed by atoms with E-state index in [0.29, 0.717) is 17.3 Å². The summed E-state index contributed by atoms with van der Waals surface area (Å²) in [5.74, 6) is 0. The summed E-state index contributed by atoms with van der Waals surface area (Å²) in [5.41, 5.74) is 18.1. The molecular formula is C8H12ClN3. The van der Waals surface area contributed by atoms with Crippen LogP contribution in [0, 0.1) is 0 Å². The Morgan fingerprint density at radius 2 is 2.08 bits per heavy atom. The molecule has 0 unspecified atom stereocenters. The van der Waals surface area contributed by atoms with Crippen molar-refractivity contribution in [3.05, 3.63) is 28.8 Å². The van der Waals surface area contributed by atoms with Gasteiger partial charge in [-0.3, -0.25) is 0 Å². The molecule has 6 N–H and O–H groups in total. The number of hydrogen-bond donors (Lipinski definition) is 3. The van der Waals surface area contributed by atoms with E-state index in [9.17, 15) is 0 Å². The van der Waals surface area contributed by atoms with Crippen molar-refractivity contribution in [1.82, 2.24) is 0 Å². The van der Waals surface area contributed by atoms with Gasteiger partial charge < -0.3 is 17.2 Å². The summed E-state index contributed by atoms with van der Waals surface area (Å²) in [5, 5.41) is 0.613. The smallest absolute Gasteiger partial charge is 0.0455 e. The minimum absolute atomic E-state index is 0.235. The summed E-state index contributed by atoms with van der Waals surface area (Å²) < 4.78 is 0. The lowest BCUT2D eigenvalue weighted by molar-refractivity contribution is 0.738. The van der Waals surface area contributed by atoms with Crippen molar-refractivity contribution in [2.24, 2.45) is 11.5 Å². The number of hydrogen-bond acceptors (Lipinski definition) is 3. The maximum atomic E-state index is 5.88. The van der Waals surface area contributed by atoms with Crippen molar-refractivity contribution in [3.63, 3.8) is 0 Å². The van der Waals surface area contributed by atoms with Crippen molar-refractivity contribution >= 4 is 17.3 Å². The molecule has 0 spiro atoms. The van der Waals surface area contributed by atoms with Crippen LogP contribution in [0.15, 0.2) is 18.2 Å². The Bertz CT molecular complexity index is 275. The zero-order valence-corrected chi connectivity index (χ0v) is 7.38. The number of anilines is 1. The first-order valence-corrected chi connectivity index (χ1v) is 4.03.